The van der Waals surface area contributed by atoms with Crippen LogP contribution in [0.2, 0.25) is 0 Å². The van der Waals surface area contributed by atoms with E-state index in [0.717, 1.165) is 43.4 Å². The van der Waals surface area contributed by atoms with Crippen molar-refractivity contribution in [1.82, 2.24) is 10.3 Å². The minimum Gasteiger partial charge on any atom is -0.349 e. The van der Waals surface area contributed by atoms with Crippen LogP contribution in [-0.2, 0) is 12.8 Å². The molecule has 3 rings (SSSR count). The van der Waals surface area contributed by atoms with Gasteiger partial charge in [0.15, 0.2) is 0 Å². The smallest absolute Gasteiger partial charge is 0.261 e. The molecule has 1 heterocycles. The summed E-state index contributed by atoms with van der Waals surface area (Å²) in [7, 11) is 0. The van der Waals surface area contributed by atoms with E-state index in [4.69, 9.17) is 0 Å². The molecule has 2 aliphatic carbocycles. The van der Waals surface area contributed by atoms with Crippen molar-refractivity contribution in [3.63, 3.8) is 0 Å². The van der Waals surface area contributed by atoms with Gasteiger partial charge in [-0.1, -0.05) is 32.6 Å². The Morgan fingerprint density at radius 2 is 1.91 bits per heavy atom. The Labute approximate surface area is 131 Å². The lowest BCUT2D eigenvalue weighted by atomic mass is 9.87. The number of carbonyl (C=O) groups excluding carboxylic acids is 1. The lowest BCUT2D eigenvalue weighted by Gasteiger charge is -2.22. The van der Waals surface area contributed by atoms with E-state index in [1.807, 2.05) is 6.07 Å². The number of nitrogens with one attached hydrogen (secondary N) is 2. The summed E-state index contributed by atoms with van der Waals surface area (Å²) in [5.74, 6) is 0.422. The van der Waals surface area contributed by atoms with Crippen molar-refractivity contribution in [2.24, 2.45) is 5.92 Å². The van der Waals surface area contributed by atoms with E-state index in [2.05, 4.69) is 17.2 Å². The molecule has 1 unspecified atom stereocenters. The molecule has 2 N–H and O–H groups in total. The number of aromatic amines is 1. The Kier molecular flexibility index (Phi) is 4.65. The minimum absolute atomic E-state index is 0.200. The molecular weight excluding hydrogens is 276 g/mol. The second-order valence-corrected chi connectivity index (χ2v) is 7.03. The first kappa shape index (κ1) is 15.3. The number of rotatable bonds is 2. The van der Waals surface area contributed by atoms with Crippen molar-refractivity contribution in [2.45, 2.75) is 70.8 Å². The Morgan fingerprint density at radius 3 is 2.64 bits per heavy atom. The second-order valence-electron chi connectivity index (χ2n) is 7.03. The third kappa shape index (κ3) is 3.42. The first-order chi connectivity index (χ1) is 10.6. The van der Waals surface area contributed by atoms with E-state index >= 15 is 0 Å². The van der Waals surface area contributed by atoms with Gasteiger partial charge in [0.1, 0.15) is 5.56 Å². The molecule has 1 aromatic heterocycles. The Bertz CT molecular complexity index is 598. The summed E-state index contributed by atoms with van der Waals surface area (Å²) in [4.78, 5) is 27.6. The quantitative estimate of drug-likeness (QED) is 0.825. The topological polar surface area (TPSA) is 62.0 Å². The fourth-order valence-corrected chi connectivity index (χ4v) is 3.74. The number of H-pyrrole nitrogens is 1. The second kappa shape index (κ2) is 6.67. The molecule has 1 amide bonds. The molecule has 0 aromatic carbocycles. The van der Waals surface area contributed by atoms with Gasteiger partial charge in [0.25, 0.3) is 11.5 Å². The average molecular weight is 302 g/mol. The van der Waals surface area contributed by atoms with Crippen molar-refractivity contribution in [3.8, 4) is 0 Å². The molecule has 0 radical (unpaired) electrons. The van der Waals surface area contributed by atoms with E-state index in [0.29, 0.717) is 5.92 Å². The number of hydrogen-bond acceptors (Lipinski definition) is 2. The highest BCUT2D eigenvalue weighted by molar-refractivity contribution is 5.94. The SMILES string of the molecule is CC1CCc2[nH]c(=O)c(C(=O)NC3CCCCCC3)cc2C1. The molecule has 4 nitrogen and oxygen atoms in total. The molecule has 0 bridgehead atoms. The van der Waals surface area contributed by atoms with Crippen LogP contribution in [0.15, 0.2) is 10.9 Å². The molecule has 120 valence electrons. The highest BCUT2D eigenvalue weighted by atomic mass is 16.2. The summed E-state index contributed by atoms with van der Waals surface area (Å²) in [5.41, 5.74) is 2.22. The van der Waals surface area contributed by atoms with Crippen LogP contribution in [0.1, 0.15) is 73.5 Å². The van der Waals surface area contributed by atoms with Crippen molar-refractivity contribution in [2.75, 3.05) is 0 Å². The van der Waals surface area contributed by atoms with Crippen LogP contribution >= 0.6 is 0 Å². The first-order valence-corrected chi connectivity index (χ1v) is 8.69. The first-order valence-electron chi connectivity index (χ1n) is 8.69. The van der Waals surface area contributed by atoms with Crippen molar-refractivity contribution >= 4 is 5.91 Å². The molecule has 4 heteroatoms. The van der Waals surface area contributed by atoms with Crippen LogP contribution in [-0.4, -0.2) is 16.9 Å². The molecule has 1 saturated carbocycles. The average Bonchev–Trinajstić information content (AvgIpc) is 2.75. The van der Waals surface area contributed by atoms with Gasteiger partial charge in [0.2, 0.25) is 0 Å². The van der Waals surface area contributed by atoms with Gasteiger partial charge in [0, 0.05) is 11.7 Å². The molecule has 2 aliphatic rings. The van der Waals surface area contributed by atoms with Gasteiger partial charge in [-0.05, 0) is 49.7 Å². The van der Waals surface area contributed by atoms with Crippen molar-refractivity contribution in [3.05, 3.63) is 33.2 Å². The Hall–Kier alpha value is -1.58. The maximum atomic E-state index is 12.5. The molecule has 1 atom stereocenters. The number of pyridine rings is 1. The summed E-state index contributed by atoms with van der Waals surface area (Å²) in [6, 6.07) is 2.06. The number of hydrogen-bond donors (Lipinski definition) is 2. The zero-order chi connectivity index (χ0) is 15.5. The standard InChI is InChI=1S/C18H26N2O2/c1-12-8-9-16-13(10-12)11-15(18(22)20-16)17(21)19-14-6-4-2-3-5-7-14/h11-12,14H,2-10H2,1H3,(H,19,21)(H,20,22). The lowest BCUT2D eigenvalue weighted by molar-refractivity contribution is 0.0931. The molecule has 0 saturated heterocycles. The van der Waals surface area contributed by atoms with Crippen molar-refractivity contribution in [1.29, 1.82) is 0 Å². The number of aromatic nitrogens is 1. The van der Waals surface area contributed by atoms with Gasteiger partial charge in [-0.25, -0.2) is 0 Å². The predicted molar refractivity (Wildman–Crippen MR) is 87.2 cm³/mol. The third-order valence-corrected chi connectivity index (χ3v) is 5.11. The van der Waals surface area contributed by atoms with Gasteiger partial charge in [-0.15, -0.1) is 0 Å². The molecule has 0 spiro atoms. The normalized spacial score (nSPS) is 22.7. The summed E-state index contributed by atoms with van der Waals surface area (Å²) in [5, 5.41) is 3.08. The lowest BCUT2D eigenvalue weighted by Crippen LogP contribution is -2.38. The summed E-state index contributed by atoms with van der Waals surface area (Å²) in [6.45, 7) is 2.22. The molecular formula is C18H26N2O2. The van der Waals surface area contributed by atoms with Crippen LogP contribution in [0, 0.1) is 5.92 Å². The van der Waals surface area contributed by atoms with E-state index in [9.17, 15) is 9.59 Å². The fourth-order valence-electron chi connectivity index (χ4n) is 3.74. The van der Waals surface area contributed by atoms with E-state index in [1.165, 1.54) is 25.7 Å². The monoisotopic (exact) mass is 302 g/mol. The predicted octanol–water partition coefficient (Wildman–Crippen LogP) is 2.95. The number of amides is 1. The maximum absolute atomic E-state index is 12.5. The van der Waals surface area contributed by atoms with E-state index in [1.54, 1.807) is 0 Å². The van der Waals surface area contributed by atoms with E-state index < -0.39 is 0 Å². The molecule has 1 aromatic rings. The Balaban J connectivity index is 1.77. The highest BCUT2D eigenvalue weighted by Crippen LogP contribution is 2.23. The number of fused-ring (bicyclic) bond motifs is 1. The van der Waals surface area contributed by atoms with Gasteiger partial charge >= 0.3 is 0 Å². The van der Waals surface area contributed by atoms with Gasteiger partial charge in [-0.2, -0.15) is 0 Å². The largest absolute Gasteiger partial charge is 0.349 e. The van der Waals surface area contributed by atoms with Crippen LogP contribution in [0.4, 0.5) is 0 Å². The summed E-state index contributed by atoms with van der Waals surface area (Å²) >= 11 is 0. The van der Waals surface area contributed by atoms with Crippen molar-refractivity contribution < 1.29 is 4.79 Å². The number of carbonyl (C=O) groups is 1. The van der Waals surface area contributed by atoms with Gasteiger partial charge < -0.3 is 10.3 Å². The van der Waals surface area contributed by atoms with Gasteiger partial charge in [-0.3, -0.25) is 9.59 Å². The van der Waals surface area contributed by atoms with Crippen LogP contribution in [0.25, 0.3) is 0 Å². The zero-order valence-corrected chi connectivity index (χ0v) is 13.4. The number of aryl methyl sites for hydroxylation is 1. The van der Waals surface area contributed by atoms with Crippen LogP contribution in [0.3, 0.4) is 0 Å². The molecule has 1 fully saturated rings. The molecule has 22 heavy (non-hydrogen) atoms. The maximum Gasteiger partial charge on any atom is 0.261 e. The summed E-state index contributed by atoms with van der Waals surface area (Å²) in [6.07, 6.45) is 9.89. The summed E-state index contributed by atoms with van der Waals surface area (Å²) < 4.78 is 0. The minimum atomic E-state index is -0.237. The van der Waals surface area contributed by atoms with Gasteiger partial charge in [0.05, 0.1) is 0 Å². The Morgan fingerprint density at radius 1 is 1.18 bits per heavy atom. The highest BCUT2D eigenvalue weighted by Gasteiger charge is 2.22. The van der Waals surface area contributed by atoms with E-state index in [-0.39, 0.29) is 23.1 Å². The molecule has 0 aliphatic heterocycles. The zero-order valence-electron chi connectivity index (χ0n) is 13.4. The third-order valence-electron chi connectivity index (χ3n) is 5.11. The van der Waals surface area contributed by atoms with Crippen LogP contribution in [0.5, 0.6) is 0 Å². The van der Waals surface area contributed by atoms with Crippen LogP contribution < -0.4 is 10.9 Å². The fraction of sp³-hybridized carbons (Fsp3) is 0.667.